The molecule has 1 aromatic rings. The van der Waals surface area contributed by atoms with Gasteiger partial charge in [-0.1, -0.05) is 44.7 Å². The summed E-state index contributed by atoms with van der Waals surface area (Å²) in [5, 5.41) is 3.67. The SMILES string of the molecule is CCCCCCC(C)NC1CCc2c(F)cccc21. The summed E-state index contributed by atoms with van der Waals surface area (Å²) in [7, 11) is 0. The van der Waals surface area contributed by atoms with Crippen LogP contribution in [-0.2, 0) is 6.42 Å². The van der Waals surface area contributed by atoms with E-state index in [2.05, 4.69) is 25.2 Å². The third-order valence-electron chi connectivity index (χ3n) is 4.19. The first-order chi connectivity index (χ1) is 9.22. The predicted octanol–water partition coefficient (Wildman–Crippen LogP) is 4.76. The highest BCUT2D eigenvalue weighted by Crippen LogP contribution is 2.33. The van der Waals surface area contributed by atoms with Crippen molar-refractivity contribution in [2.24, 2.45) is 0 Å². The molecular weight excluding hydrogens is 237 g/mol. The molecule has 0 bridgehead atoms. The zero-order chi connectivity index (χ0) is 13.7. The molecule has 0 spiro atoms. The van der Waals surface area contributed by atoms with Crippen molar-refractivity contribution in [3.63, 3.8) is 0 Å². The molecule has 0 amide bonds. The number of unbranched alkanes of at least 4 members (excludes halogenated alkanes) is 3. The fourth-order valence-electron chi connectivity index (χ4n) is 3.09. The Morgan fingerprint density at radius 2 is 2.16 bits per heavy atom. The molecule has 2 heteroatoms. The zero-order valence-corrected chi connectivity index (χ0v) is 12.2. The minimum Gasteiger partial charge on any atom is -0.307 e. The van der Waals surface area contributed by atoms with Crippen LogP contribution in [0.5, 0.6) is 0 Å². The lowest BCUT2D eigenvalue weighted by molar-refractivity contribution is 0.419. The van der Waals surface area contributed by atoms with Gasteiger partial charge in [0.15, 0.2) is 0 Å². The Morgan fingerprint density at radius 3 is 2.95 bits per heavy atom. The third kappa shape index (κ3) is 3.79. The van der Waals surface area contributed by atoms with Crippen LogP contribution in [0.1, 0.15) is 69.5 Å². The van der Waals surface area contributed by atoms with E-state index in [1.165, 1.54) is 37.7 Å². The molecule has 0 aromatic heterocycles. The standard InChI is InChI=1S/C17H26FN/c1-3-4-5-6-8-13(2)19-17-12-11-14-15(17)9-7-10-16(14)18/h7,9-10,13,17,19H,3-6,8,11-12H2,1-2H3. The Balaban J connectivity index is 1.83. The first kappa shape index (κ1) is 14.5. The predicted molar refractivity (Wildman–Crippen MR) is 78.8 cm³/mol. The summed E-state index contributed by atoms with van der Waals surface area (Å²) in [5.41, 5.74) is 2.11. The monoisotopic (exact) mass is 263 g/mol. The average molecular weight is 263 g/mol. The molecule has 1 aliphatic carbocycles. The highest BCUT2D eigenvalue weighted by molar-refractivity contribution is 5.35. The van der Waals surface area contributed by atoms with Gasteiger partial charge < -0.3 is 5.32 Å². The number of halogens is 1. The first-order valence-corrected chi connectivity index (χ1v) is 7.75. The van der Waals surface area contributed by atoms with Gasteiger partial charge in [-0.15, -0.1) is 0 Å². The lowest BCUT2D eigenvalue weighted by Crippen LogP contribution is -2.29. The minimum atomic E-state index is -0.0302. The van der Waals surface area contributed by atoms with Crippen LogP contribution >= 0.6 is 0 Å². The topological polar surface area (TPSA) is 12.0 Å². The molecule has 2 rings (SSSR count). The van der Waals surface area contributed by atoms with Gasteiger partial charge in [0.1, 0.15) is 5.82 Å². The molecule has 0 heterocycles. The summed E-state index contributed by atoms with van der Waals surface area (Å²) in [6.07, 6.45) is 8.39. The van der Waals surface area contributed by atoms with Crippen molar-refractivity contribution in [3.05, 3.63) is 35.1 Å². The molecule has 2 atom stereocenters. The maximum absolute atomic E-state index is 13.7. The molecule has 0 radical (unpaired) electrons. The van der Waals surface area contributed by atoms with Crippen LogP contribution in [0, 0.1) is 5.82 Å². The molecule has 1 N–H and O–H groups in total. The van der Waals surface area contributed by atoms with Crippen LogP contribution in [0.2, 0.25) is 0 Å². The van der Waals surface area contributed by atoms with Gasteiger partial charge in [-0.3, -0.25) is 0 Å². The fourth-order valence-corrected chi connectivity index (χ4v) is 3.09. The molecule has 1 aliphatic rings. The van der Waals surface area contributed by atoms with E-state index in [0.29, 0.717) is 12.1 Å². The highest BCUT2D eigenvalue weighted by Gasteiger charge is 2.25. The van der Waals surface area contributed by atoms with Crippen LogP contribution in [0.15, 0.2) is 18.2 Å². The molecule has 1 nitrogen and oxygen atoms in total. The quantitative estimate of drug-likeness (QED) is 0.699. The lowest BCUT2D eigenvalue weighted by Gasteiger charge is -2.20. The van der Waals surface area contributed by atoms with Crippen molar-refractivity contribution >= 4 is 0 Å². The molecule has 19 heavy (non-hydrogen) atoms. The van der Waals surface area contributed by atoms with Gasteiger partial charge in [-0.05, 0) is 43.4 Å². The third-order valence-corrected chi connectivity index (χ3v) is 4.19. The Kier molecular flexibility index (Phi) is 5.38. The molecule has 0 fully saturated rings. The van der Waals surface area contributed by atoms with Gasteiger partial charge in [0.05, 0.1) is 0 Å². The summed E-state index contributed by atoms with van der Waals surface area (Å²) in [6.45, 7) is 4.49. The van der Waals surface area contributed by atoms with Crippen LogP contribution in [-0.4, -0.2) is 6.04 Å². The molecule has 2 unspecified atom stereocenters. The summed E-state index contributed by atoms with van der Waals surface area (Å²) in [6, 6.07) is 6.37. The Labute approximate surface area is 116 Å². The average Bonchev–Trinajstić information content (AvgIpc) is 2.80. The Morgan fingerprint density at radius 1 is 1.32 bits per heavy atom. The van der Waals surface area contributed by atoms with Crippen molar-refractivity contribution < 1.29 is 4.39 Å². The Bertz CT molecular complexity index is 402. The van der Waals surface area contributed by atoms with Gasteiger partial charge in [-0.25, -0.2) is 4.39 Å². The van der Waals surface area contributed by atoms with Crippen LogP contribution < -0.4 is 5.32 Å². The number of hydrogen-bond donors (Lipinski definition) is 1. The maximum atomic E-state index is 13.7. The summed E-state index contributed by atoms with van der Waals surface area (Å²) in [5.74, 6) is -0.0302. The van der Waals surface area contributed by atoms with Gasteiger partial charge in [0.2, 0.25) is 0 Å². The minimum absolute atomic E-state index is 0.0302. The van der Waals surface area contributed by atoms with E-state index >= 15 is 0 Å². The van der Waals surface area contributed by atoms with E-state index in [1.807, 2.05) is 6.07 Å². The van der Waals surface area contributed by atoms with E-state index in [1.54, 1.807) is 6.07 Å². The smallest absolute Gasteiger partial charge is 0.126 e. The number of nitrogens with one attached hydrogen (secondary N) is 1. The molecule has 0 saturated heterocycles. The van der Waals surface area contributed by atoms with Crippen LogP contribution in [0.4, 0.5) is 4.39 Å². The van der Waals surface area contributed by atoms with Gasteiger partial charge in [-0.2, -0.15) is 0 Å². The number of benzene rings is 1. The normalized spacial score (nSPS) is 19.4. The van der Waals surface area contributed by atoms with Crippen LogP contribution in [0.3, 0.4) is 0 Å². The second-order valence-electron chi connectivity index (χ2n) is 5.82. The maximum Gasteiger partial charge on any atom is 0.126 e. The molecule has 0 aliphatic heterocycles. The van der Waals surface area contributed by atoms with E-state index < -0.39 is 0 Å². The van der Waals surface area contributed by atoms with Crippen molar-refractivity contribution in [2.45, 2.75) is 70.9 Å². The Hall–Kier alpha value is -0.890. The van der Waals surface area contributed by atoms with Gasteiger partial charge >= 0.3 is 0 Å². The number of hydrogen-bond acceptors (Lipinski definition) is 1. The van der Waals surface area contributed by atoms with Crippen molar-refractivity contribution in [3.8, 4) is 0 Å². The molecule has 106 valence electrons. The van der Waals surface area contributed by atoms with E-state index in [9.17, 15) is 4.39 Å². The number of rotatable bonds is 7. The van der Waals surface area contributed by atoms with Crippen LogP contribution in [0.25, 0.3) is 0 Å². The first-order valence-electron chi connectivity index (χ1n) is 7.75. The summed E-state index contributed by atoms with van der Waals surface area (Å²) < 4.78 is 13.7. The highest BCUT2D eigenvalue weighted by atomic mass is 19.1. The van der Waals surface area contributed by atoms with Crippen molar-refractivity contribution in [1.82, 2.24) is 5.32 Å². The van der Waals surface area contributed by atoms with Crippen molar-refractivity contribution in [1.29, 1.82) is 0 Å². The zero-order valence-electron chi connectivity index (χ0n) is 12.2. The van der Waals surface area contributed by atoms with E-state index in [0.717, 1.165) is 18.4 Å². The van der Waals surface area contributed by atoms with E-state index in [-0.39, 0.29) is 5.82 Å². The number of fused-ring (bicyclic) bond motifs is 1. The molecule has 0 saturated carbocycles. The fraction of sp³-hybridized carbons (Fsp3) is 0.647. The lowest BCUT2D eigenvalue weighted by atomic mass is 10.0. The summed E-state index contributed by atoms with van der Waals surface area (Å²) >= 11 is 0. The molecule has 1 aromatic carbocycles. The van der Waals surface area contributed by atoms with Gasteiger partial charge in [0, 0.05) is 12.1 Å². The van der Waals surface area contributed by atoms with Crippen molar-refractivity contribution in [2.75, 3.05) is 0 Å². The summed E-state index contributed by atoms with van der Waals surface area (Å²) in [4.78, 5) is 0. The van der Waals surface area contributed by atoms with E-state index in [4.69, 9.17) is 0 Å². The second-order valence-corrected chi connectivity index (χ2v) is 5.82. The van der Waals surface area contributed by atoms with Gasteiger partial charge in [0.25, 0.3) is 0 Å². The second kappa shape index (κ2) is 7.04. The molecular formula is C17H26FN. The largest absolute Gasteiger partial charge is 0.307 e.